The highest BCUT2D eigenvalue weighted by Crippen LogP contribution is 2.50. The molecule has 4 heteroatoms. The first-order valence-electron chi connectivity index (χ1n) is 10.5. The second-order valence-corrected chi connectivity index (χ2v) is 8.17. The highest BCUT2D eigenvalue weighted by atomic mass is 16.5. The van der Waals surface area contributed by atoms with Crippen LogP contribution in [-0.2, 0) is 4.79 Å². The van der Waals surface area contributed by atoms with E-state index in [1.807, 2.05) is 65.6 Å². The minimum absolute atomic E-state index is 0.0163. The van der Waals surface area contributed by atoms with E-state index in [-0.39, 0.29) is 17.9 Å². The molecule has 0 bridgehead atoms. The van der Waals surface area contributed by atoms with Gasteiger partial charge in [-0.3, -0.25) is 4.79 Å². The van der Waals surface area contributed by atoms with Crippen LogP contribution in [0.25, 0.3) is 6.08 Å². The van der Waals surface area contributed by atoms with E-state index in [0.717, 1.165) is 42.6 Å². The second-order valence-electron chi connectivity index (χ2n) is 8.17. The van der Waals surface area contributed by atoms with E-state index in [1.165, 1.54) is 0 Å². The van der Waals surface area contributed by atoms with Crippen molar-refractivity contribution in [1.29, 1.82) is 0 Å². The molecule has 2 aliphatic rings. The maximum Gasteiger partial charge on any atom is 0.247 e. The van der Waals surface area contributed by atoms with Crippen LogP contribution in [0.4, 0.5) is 0 Å². The number of fused-ring (bicyclic) bond motifs is 1. The van der Waals surface area contributed by atoms with Crippen LogP contribution in [0.1, 0.15) is 49.3 Å². The molecule has 0 unspecified atom stereocenters. The highest BCUT2D eigenvalue weighted by molar-refractivity contribution is 5.92. The van der Waals surface area contributed by atoms with Gasteiger partial charge in [-0.05, 0) is 37.0 Å². The van der Waals surface area contributed by atoms with E-state index >= 15 is 0 Å². The SMILES string of the molecule is COc1ccccc1[C@H]1[C@@H]2CCCC[C@@]2(O)CCN1C(=O)/C=C/c1ccccc1. The number of nitrogens with zero attached hydrogens (tertiary/aromatic N) is 1. The number of para-hydroxylation sites is 1. The Labute approximate surface area is 172 Å². The Morgan fingerprint density at radius 3 is 2.66 bits per heavy atom. The molecule has 2 aromatic carbocycles. The summed E-state index contributed by atoms with van der Waals surface area (Å²) in [5.74, 6) is 0.782. The average molecular weight is 392 g/mol. The van der Waals surface area contributed by atoms with Gasteiger partial charge in [0.2, 0.25) is 5.91 Å². The monoisotopic (exact) mass is 391 g/mol. The molecule has 4 nitrogen and oxygen atoms in total. The van der Waals surface area contributed by atoms with Gasteiger partial charge in [-0.1, -0.05) is 61.4 Å². The van der Waals surface area contributed by atoms with Crippen LogP contribution in [-0.4, -0.2) is 35.2 Å². The van der Waals surface area contributed by atoms with E-state index in [0.29, 0.717) is 13.0 Å². The molecule has 1 amide bonds. The van der Waals surface area contributed by atoms with E-state index in [9.17, 15) is 9.90 Å². The lowest BCUT2D eigenvalue weighted by atomic mass is 9.66. The molecule has 1 aliphatic heterocycles. The zero-order valence-electron chi connectivity index (χ0n) is 17.0. The van der Waals surface area contributed by atoms with Gasteiger partial charge < -0.3 is 14.7 Å². The van der Waals surface area contributed by atoms with Crippen LogP contribution in [0.5, 0.6) is 5.75 Å². The van der Waals surface area contributed by atoms with Gasteiger partial charge >= 0.3 is 0 Å². The van der Waals surface area contributed by atoms with E-state index in [1.54, 1.807) is 13.2 Å². The predicted molar refractivity (Wildman–Crippen MR) is 114 cm³/mol. The second kappa shape index (κ2) is 8.42. The van der Waals surface area contributed by atoms with Gasteiger partial charge in [0.25, 0.3) is 0 Å². The third-order valence-corrected chi connectivity index (χ3v) is 6.53. The molecular weight excluding hydrogens is 362 g/mol. The number of likely N-dealkylation sites (tertiary alicyclic amines) is 1. The van der Waals surface area contributed by atoms with E-state index in [4.69, 9.17) is 4.74 Å². The largest absolute Gasteiger partial charge is 0.496 e. The molecule has 29 heavy (non-hydrogen) atoms. The maximum atomic E-state index is 13.3. The Balaban J connectivity index is 1.69. The van der Waals surface area contributed by atoms with Crippen molar-refractivity contribution in [2.45, 2.75) is 43.7 Å². The fourth-order valence-corrected chi connectivity index (χ4v) is 5.05. The standard InChI is InChI=1S/C25H29NO3/c1-29-22-13-6-5-11-20(22)24-21-12-7-8-16-25(21,28)17-18-26(24)23(27)15-14-19-9-3-2-4-10-19/h2-6,9-11,13-15,21,24,28H,7-8,12,16-18H2,1H3/b15-14+/t21-,24-,25+/m0/s1. The predicted octanol–water partition coefficient (Wildman–Crippen LogP) is 4.60. The number of hydrogen-bond acceptors (Lipinski definition) is 3. The number of carbonyl (C=O) groups excluding carboxylic acids is 1. The molecule has 1 saturated heterocycles. The zero-order valence-corrected chi connectivity index (χ0v) is 17.0. The summed E-state index contributed by atoms with van der Waals surface area (Å²) in [7, 11) is 1.66. The molecule has 2 aromatic rings. The molecule has 1 N–H and O–H groups in total. The first-order chi connectivity index (χ1) is 14.1. The lowest BCUT2D eigenvalue weighted by Crippen LogP contribution is -2.56. The number of amides is 1. The van der Waals surface area contributed by atoms with Gasteiger partial charge in [-0.15, -0.1) is 0 Å². The van der Waals surface area contributed by atoms with Crippen molar-refractivity contribution in [3.05, 3.63) is 71.8 Å². The summed E-state index contributed by atoms with van der Waals surface area (Å²) < 4.78 is 5.63. The van der Waals surface area contributed by atoms with Crippen LogP contribution in [0.15, 0.2) is 60.7 Å². The van der Waals surface area contributed by atoms with Crippen molar-refractivity contribution in [3.8, 4) is 5.75 Å². The van der Waals surface area contributed by atoms with Gasteiger partial charge in [0.05, 0.1) is 18.8 Å². The van der Waals surface area contributed by atoms with Crippen molar-refractivity contribution in [2.75, 3.05) is 13.7 Å². The Hall–Kier alpha value is -2.59. The van der Waals surface area contributed by atoms with Crippen molar-refractivity contribution < 1.29 is 14.6 Å². The first kappa shape index (κ1) is 19.7. The summed E-state index contributed by atoms with van der Waals surface area (Å²) >= 11 is 0. The number of rotatable bonds is 4. The third kappa shape index (κ3) is 3.95. The van der Waals surface area contributed by atoms with Crippen LogP contribution in [0.2, 0.25) is 0 Å². The Bertz CT molecular complexity index is 879. The number of benzene rings is 2. The molecule has 1 heterocycles. The highest BCUT2D eigenvalue weighted by Gasteiger charge is 2.50. The number of methoxy groups -OCH3 is 1. The first-order valence-corrected chi connectivity index (χ1v) is 10.5. The molecule has 2 fully saturated rings. The number of hydrogen-bond donors (Lipinski definition) is 1. The molecular formula is C25H29NO3. The normalized spacial score (nSPS) is 26.9. The molecule has 0 radical (unpaired) electrons. The summed E-state index contributed by atoms with van der Waals surface area (Å²) in [5, 5.41) is 11.4. The summed E-state index contributed by atoms with van der Waals surface area (Å²) in [6, 6.07) is 17.6. The topological polar surface area (TPSA) is 49.8 Å². The number of ether oxygens (including phenoxy) is 1. The smallest absolute Gasteiger partial charge is 0.247 e. The molecule has 0 aromatic heterocycles. The quantitative estimate of drug-likeness (QED) is 0.775. The van der Waals surface area contributed by atoms with Gasteiger partial charge in [-0.2, -0.15) is 0 Å². The summed E-state index contributed by atoms with van der Waals surface area (Å²) in [4.78, 5) is 15.2. The van der Waals surface area contributed by atoms with Gasteiger partial charge in [0.1, 0.15) is 5.75 Å². The number of aliphatic hydroxyl groups is 1. The Morgan fingerprint density at radius 2 is 1.86 bits per heavy atom. The van der Waals surface area contributed by atoms with Crippen molar-refractivity contribution in [2.24, 2.45) is 5.92 Å². The lowest BCUT2D eigenvalue weighted by molar-refractivity contribution is -0.151. The van der Waals surface area contributed by atoms with Gasteiger partial charge in [-0.25, -0.2) is 0 Å². The molecule has 152 valence electrons. The van der Waals surface area contributed by atoms with Gasteiger partial charge in [0.15, 0.2) is 0 Å². The summed E-state index contributed by atoms with van der Waals surface area (Å²) in [6.07, 6.45) is 8.02. The van der Waals surface area contributed by atoms with Crippen molar-refractivity contribution in [1.82, 2.24) is 4.90 Å². The summed E-state index contributed by atoms with van der Waals surface area (Å²) in [6.45, 7) is 0.549. The number of carbonyl (C=O) groups is 1. The van der Waals surface area contributed by atoms with Crippen LogP contribution in [0.3, 0.4) is 0 Å². The average Bonchev–Trinajstić information content (AvgIpc) is 2.77. The lowest BCUT2D eigenvalue weighted by Gasteiger charge is -2.52. The minimum Gasteiger partial charge on any atom is -0.496 e. The molecule has 1 aliphatic carbocycles. The Kier molecular flexibility index (Phi) is 5.72. The minimum atomic E-state index is -0.705. The van der Waals surface area contributed by atoms with Crippen molar-refractivity contribution >= 4 is 12.0 Å². The zero-order chi connectivity index (χ0) is 20.3. The van der Waals surface area contributed by atoms with Crippen LogP contribution >= 0.6 is 0 Å². The molecule has 1 saturated carbocycles. The molecule has 0 spiro atoms. The maximum absolute atomic E-state index is 13.3. The fourth-order valence-electron chi connectivity index (χ4n) is 5.05. The van der Waals surface area contributed by atoms with E-state index in [2.05, 4.69) is 0 Å². The van der Waals surface area contributed by atoms with Crippen molar-refractivity contribution in [3.63, 3.8) is 0 Å². The van der Waals surface area contributed by atoms with Crippen LogP contribution < -0.4 is 4.74 Å². The van der Waals surface area contributed by atoms with Crippen LogP contribution in [0, 0.1) is 5.92 Å². The Morgan fingerprint density at radius 1 is 1.10 bits per heavy atom. The fraction of sp³-hybridized carbons (Fsp3) is 0.400. The summed E-state index contributed by atoms with van der Waals surface area (Å²) in [5.41, 5.74) is 1.28. The van der Waals surface area contributed by atoms with E-state index < -0.39 is 5.60 Å². The molecule has 4 rings (SSSR count). The third-order valence-electron chi connectivity index (χ3n) is 6.53. The molecule has 3 atom stereocenters. The number of piperidine rings is 1. The van der Waals surface area contributed by atoms with Gasteiger partial charge in [0, 0.05) is 24.1 Å².